The number of anilines is 2. The maximum atomic E-state index is 13.0. The topological polar surface area (TPSA) is 117 Å². The number of hydrogen-bond donors (Lipinski definition) is 3. The Balaban J connectivity index is 2.28. The monoisotopic (exact) mass is 423 g/mol. The van der Waals surface area contributed by atoms with E-state index in [9.17, 15) is 18.4 Å². The number of thiophene rings is 1. The number of esters is 1. The van der Waals surface area contributed by atoms with Gasteiger partial charge in [-0.1, -0.05) is 18.2 Å². The number of nitrogens with two attached hydrogens (primary N) is 2. The highest BCUT2D eigenvalue weighted by Crippen LogP contribution is 2.51. The van der Waals surface area contributed by atoms with Gasteiger partial charge in [-0.05, 0) is 19.9 Å². The van der Waals surface area contributed by atoms with Gasteiger partial charge in [-0.3, -0.25) is 4.79 Å². The fourth-order valence-electron chi connectivity index (χ4n) is 3.33. The first-order chi connectivity index (χ1) is 13.8. The average Bonchev–Trinajstić information content (AvgIpc) is 2.97. The molecule has 0 fully saturated rings. The van der Waals surface area contributed by atoms with Crippen LogP contribution in [0, 0.1) is 0 Å². The van der Waals surface area contributed by atoms with E-state index in [1.54, 1.807) is 26.0 Å². The molecule has 2 heterocycles. The number of carbonyl (C=O) groups is 2. The molecule has 1 aromatic carbocycles. The predicted octanol–water partition coefficient (Wildman–Crippen LogP) is 3.43. The van der Waals surface area contributed by atoms with Crippen molar-refractivity contribution in [1.82, 2.24) is 0 Å². The second-order valence-corrected chi connectivity index (χ2v) is 7.21. The summed E-state index contributed by atoms with van der Waals surface area (Å²) in [4.78, 5) is 24.6. The first-order valence-corrected chi connectivity index (χ1v) is 9.48. The number of nitrogens with one attached hydrogen (secondary N) is 1. The number of alkyl halides is 2. The lowest BCUT2D eigenvalue weighted by atomic mass is 9.81. The molecule has 7 nitrogen and oxygen atoms in total. The van der Waals surface area contributed by atoms with Gasteiger partial charge in [-0.15, -0.1) is 11.3 Å². The zero-order chi connectivity index (χ0) is 21.3. The first-order valence-electron chi connectivity index (χ1n) is 8.66. The van der Waals surface area contributed by atoms with E-state index in [1.165, 1.54) is 12.1 Å². The van der Waals surface area contributed by atoms with Crippen molar-refractivity contribution >= 4 is 33.9 Å². The molecule has 2 aromatic rings. The van der Waals surface area contributed by atoms with Gasteiger partial charge in [0, 0.05) is 16.8 Å². The van der Waals surface area contributed by atoms with E-state index >= 15 is 0 Å². The Morgan fingerprint density at radius 1 is 1.31 bits per heavy atom. The average molecular weight is 423 g/mol. The maximum Gasteiger partial charge on any atom is 0.387 e. The van der Waals surface area contributed by atoms with Crippen LogP contribution in [0.4, 0.5) is 19.5 Å². The van der Waals surface area contributed by atoms with Crippen LogP contribution in [0.1, 0.15) is 40.6 Å². The highest BCUT2D eigenvalue weighted by atomic mass is 32.1. The Kier molecular flexibility index (Phi) is 5.73. The van der Waals surface area contributed by atoms with E-state index in [2.05, 4.69) is 10.1 Å². The van der Waals surface area contributed by atoms with E-state index in [1.807, 2.05) is 0 Å². The molecule has 3 rings (SSSR count). The molecule has 1 atom stereocenters. The van der Waals surface area contributed by atoms with Crippen LogP contribution in [0.5, 0.6) is 5.75 Å². The van der Waals surface area contributed by atoms with Crippen LogP contribution in [0.15, 0.2) is 35.5 Å². The van der Waals surface area contributed by atoms with Crippen LogP contribution in [0.3, 0.4) is 0 Å². The number of para-hydroxylation sites is 1. The van der Waals surface area contributed by atoms with Crippen molar-refractivity contribution < 1.29 is 27.8 Å². The third-order valence-corrected chi connectivity index (χ3v) is 5.58. The zero-order valence-corrected chi connectivity index (χ0v) is 16.4. The largest absolute Gasteiger partial charge is 0.463 e. The normalized spacial score (nSPS) is 15.7. The number of hydrogen-bond acceptors (Lipinski definition) is 7. The number of rotatable bonds is 6. The number of allylic oxidation sites excluding steroid dienone is 1. The molecule has 1 aliphatic heterocycles. The maximum absolute atomic E-state index is 13.0. The number of fused-ring (bicyclic) bond motifs is 1. The number of halogens is 2. The van der Waals surface area contributed by atoms with Crippen LogP contribution >= 0.6 is 11.3 Å². The fraction of sp³-hybridized carbons (Fsp3) is 0.263. The van der Waals surface area contributed by atoms with Crippen molar-refractivity contribution in [3.63, 3.8) is 0 Å². The lowest BCUT2D eigenvalue weighted by Gasteiger charge is -2.29. The Bertz CT molecular complexity index is 1000. The van der Waals surface area contributed by atoms with Crippen LogP contribution < -0.4 is 21.5 Å². The van der Waals surface area contributed by atoms with Gasteiger partial charge in [0.25, 0.3) is 5.91 Å². The SMILES string of the molecule is CCOC(=O)C1=C(C)Nc2sc(C(N)=O)c(N)c2C1c1ccccc1OC(F)F. The number of nitrogen functional groups attached to an aromatic ring is 1. The molecular weight excluding hydrogens is 404 g/mol. The van der Waals surface area contributed by atoms with E-state index in [0.29, 0.717) is 21.8 Å². The van der Waals surface area contributed by atoms with Crippen molar-refractivity contribution in [2.24, 2.45) is 5.73 Å². The molecule has 0 saturated heterocycles. The standard InChI is InChI=1S/C19H19F2N3O4S/c1-3-27-18(26)11-8(2)24-17-13(14(22)15(29-17)16(23)25)12(11)9-6-4-5-7-10(9)28-19(20)21/h4-7,12,19,24H,3,22H2,1-2H3,(H2,23,25). The molecule has 1 amide bonds. The molecule has 10 heteroatoms. The Labute approximate surface area is 169 Å². The summed E-state index contributed by atoms with van der Waals surface area (Å²) in [6.07, 6.45) is 0. The summed E-state index contributed by atoms with van der Waals surface area (Å²) in [5.41, 5.74) is 13.0. The molecule has 1 aliphatic rings. The van der Waals surface area contributed by atoms with Crippen molar-refractivity contribution in [3.8, 4) is 5.75 Å². The molecule has 1 aromatic heterocycles. The molecule has 0 bridgehead atoms. The summed E-state index contributed by atoms with van der Waals surface area (Å²) in [5, 5.41) is 3.54. The highest BCUT2D eigenvalue weighted by Gasteiger charge is 2.39. The summed E-state index contributed by atoms with van der Waals surface area (Å²) in [7, 11) is 0. The van der Waals surface area contributed by atoms with E-state index in [0.717, 1.165) is 11.3 Å². The first kappa shape index (κ1) is 20.6. The van der Waals surface area contributed by atoms with Gasteiger partial charge < -0.3 is 26.3 Å². The zero-order valence-electron chi connectivity index (χ0n) is 15.6. The molecule has 154 valence electrons. The smallest absolute Gasteiger partial charge is 0.387 e. The number of amides is 1. The summed E-state index contributed by atoms with van der Waals surface area (Å²) < 4.78 is 35.8. The van der Waals surface area contributed by atoms with Gasteiger partial charge in [0.1, 0.15) is 10.6 Å². The van der Waals surface area contributed by atoms with Crippen LogP contribution in [-0.4, -0.2) is 25.1 Å². The minimum absolute atomic E-state index is 0.0798. The van der Waals surface area contributed by atoms with Gasteiger partial charge in [-0.25, -0.2) is 4.79 Å². The molecule has 0 spiro atoms. The Hall–Kier alpha value is -3.14. The quantitative estimate of drug-likeness (QED) is 0.613. The molecule has 0 radical (unpaired) electrons. The predicted molar refractivity (Wildman–Crippen MR) is 105 cm³/mol. The lowest BCUT2D eigenvalue weighted by molar-refractivity contribution is -0.138. The minimum atomic E-state index is -3.06. The lowest BCUT2D eigenvalue weighted by Crippen LogP contribution is -2.25. The Morgan fingerprint density at radius 2 is 2.00 bits per heavy atom. The van der Waals surface area contributed by atoms with Gasteiger partial charge in [0.2, 0.25) is 0 Å². The van der Waals surface area contributed by atoms with Crippen LogP contribution in [0.25, 0.3) is 0 Å². The number of ether oxygens (including phenoxy) is 2. The number of primary amides is 1. The van der Waals surface area contributed by atoms with Gasteiger partial charge in [0.15, 0.2) is 0 Å². The highest BCUT2D eigenvalue weighted by molar-refractivity contribution is 7.19. The van der Waals surface area contributed by atoms with Crippen molar-refractivity contribution in [2.45, 2.75) is 26.4 Å². The summed E-state index contributed by atoms with van der Waals surface area (Å²) in [6, 6.07) is 6.10. The fourth-order valence-corrected chi connectivity index (χ4v) is 4.40. The van der Waals surface area contributed by atoms with Crippen molar-refractivity contribution in [3.05, 3.63) is 51.5 Å². The van der Waals surface area contributed by atoms with Gasteiger partial charge in [0.05, 0.1) is 28.8 Å². The van der Waals surface area contributed by atoms with Gasteiger partial charge in [-0.2, -0.15) is 8.78 Å². The molecule has 29 heavy (non-hydrogen) atoms. The molecule has 5 N–H and O–H groups in total. The van der Waals surface area contributed by atoms with Crippen LogP contribution in [0.2, 0.25) is 0 Å². The molecular formula is C19H19F2N3O4S. The Morgan fingerprint density at radius 3 is 2.62 bits per heavy atom. The van der Waals surface area contributed by atoms with Crippen LogP contribution in [-0.2, 0) is 9.53 Å². The second-order valence-electron chi connectivity index (χ2n) is 6.19. The minimum Gasteiger partial charge on any atom is -0.463 e. The number of benzene rings is 1. The van der Waals surface area contributed by atoms with Crippen molar-refractivity contribution in [1.29, 1.82) is 0 Å². The second kappa shape index (κ2) is 8.08. The summed E-state index contributed by atoms with van der Waals surface area (Å²) >= 11 is 1.03. The van der Waals surface area contributed by atoms with E-state index in [4.69, 9.17) is 16.2 Å². The summed E-state index contributed by atoms with van der Waals surface area (Å²) in [5.74, 6) is -2.35. The van der Waals surface area contributed by atoms with Crippen molar-refractivity contribution in [2.75, 3.05) is 17.7 Å². The van der Waals surface area contributed by atoms with Gasteiger partial charge >= 0.3 is 12.6 Å². The molecule has 0 aliphatic carbocycles. The molecule has 0 saturated carbocycles. The molecule has 1 unspecified atom stereocenters. The third-order valence-electron chi connectivity index (χ3n) is 4.43. The van der Waals surface area contributed by atoms with E-state index in [-0.39, 0.29) is 28.5 Å². The number of carbonyl (C=O) groups excluding carboxylic acids is 2. The van der Waals surface area contributed by atoms with E-state index < -0.39 is 24.4 Å². The summed E-state index contributed by atoms with van der Waals surface area (Å²) in [6.45, 7) is 0.367. The third kappa shape index (κ3) is 3.75.